The number of rotatable bonds is 9. The second-order valence-corrected chi connectivity index (χ2v) is 19.0. The summed E-state index contributed by atoms with van der Waals surface area (Å²) < 4.78 is 54.5. The summed E-state index contributed by atoms with van der Waals surface area (Å²) in [5.41, 5.74) is 0.522. The predicted molar refractivity (Wildman–Crippen MR) is 199 cm³/mol. The van der Waals surface area contributed by atoms with E-state index < -0.39 is 60.9 Å². The van der Waals surface area contributed by atoms with Crippen LogP contribution in [0.5, 0.6) is 0 Å². The Morgan fingerprint density at radius 3 is 2.07 bits per heavy atom. The first kappa shape index (κ1) is 41.8. The topological polar surface area (TPSA) is 151 Å². The molecule has 3 aliphatic heterocycles. The van der Waals surface area contributed by atoms with E-state index >= 15 is 0 Å². The van der Waals surface area contributed by atoms with Crippen molar-refractivity contribution in [3.63, 3.8) is 0 Å². The van der Waals surface area contributed by atoms with E-state index in [2.05, 4.69) is 27.7 Å². The quantitative estimate of drug-likeness (QED) is 0.147. The summed E-state index contributed by atoms with van der Waals surface area (Å²) >= 11 is 0. The van der Waals surface area contributed by atoms with E-state index in [1.165, 1.54) is 59.8 Å². The van der Waals surface area contributed by atoms with Crippen LogP contribution in [0.15, 0.2) is 0 Å². The van der Waals surface area contributed by atoms with Crippen molar-refractivity contribution in [3.8, 4) is 0 Å². The van der Waals surface area contributed by atoms with Crippen LogP contribution >= 0.6 is 0 Å². The van der Waals surface area contributed by atoms with E-state index in [1.807, 2.05) is 0 Å². The summed E-state index contributed by atoms with van der Waals surface area (Å²) in [6.07, 6.45) is 4.44. The SMILES string of the molecule is CC(=O)OC[C@H]1O[C@@H](OC(C)O[C@H]2CC[C@@]3(C)[C@@H](CC[C@@H]4[C@@H]3CC[C@]3(C)[C@@H]5[C@H](C[C@@H]43)O[C@]3(CC[C@@H](C)CO3)[C@H]5C)C2)[C@H](OC(C)=O)[C@@H](OC(C)=O)[C@H]1OC(C)=O. The third-order valence-corrected chi connectivity index (χ3v) is 15.5. The van der Waals surface area contributed by atoms with Crippen LogP contribution in [0.4, 0.5) is 0 Å². The molecule has 13 heteroatoms. The molecule has 0 aromatic rings. The molecule has 0 aromatic carbocycles. The van der Waals surface area contributed by atoms with Crippen molar-refractivity contribution in [2.75, 3.05) is 13.2 Å². The molecule has 7 rings (SSSR count). The van der Waals surface area contributed by atoms with Crippen LogP contribution in [0.1, 0.15) is 127 Å². The van der Waals surface area contributed by atoms with Crippen LogP contribution in [-0.4, -0.2) is 92.1 Å². The minimum atomic E-state index is -1.30. The molecular weight excluding hydrogens is 724 g/mol. The lowest BCUT2D eigenvalue weighted by molar-refractivity contribution is -0.342. The van der Waals surface area contributed by atoms with Crippen molar-refractivity contribution < 1.29 is 61.8 Å². The van der Waals surface area contributed by atoms with Gasteiger partial charge in [0.25, 0.3) is 0 Å². The normalized spacial score (nSPS) is 47.4. The summed E-state index contributed by atoms with van der Waals surface area (Å²) in [5.74, 6) is 1.15. The molecule has 7 aliphatic rings. The Balaban J connectivity index is 1.00. The minimum Gasteiger partial charge on any atom is -0.463 e. The fourth-order valence-corrected chi connectivity index (χ4v) is 13.1. The standard InChI is InChI=1S/C43H66O13/c1-22-12-17-43(49-20-22)23(2)36-34(56-43)19-33-31-11-10-29-18-30(13-15-41(29,8)32(31)14-16-42(33,36)9)53-28(7)54-40-39(52-27(6)47)38(51-26(5)46)37(50-25(4)45)35(55-40)21-48-24(3)44/h22-23,28-40H,10-21H2,1-9H3/t22-,23+,28?,29+,30+,31-,32+,33+,34+,35-,36+,37+,38+,39-,40-,41+,42+,43-/m1/s1. The highest BCUT2D eigenvalue weighted by molar-refractivity contribution is 5.68. The Morgan fingerprint density at radius 2 is 1.41 bits per heavy atom. The van der Waals surface area contributed by atoms with E-state index in [-0.39, 0.29) is 29.3 Å². The minimum absolute atomic E-state index is 0.0476. The summed E-state index contributed by atoms with van der Waals surface area (Å²) in [5, 5.41) is 0. The lowest BCUT2D eigenvalue weighted by Gasteiger charge is -2.61. The van der Waals surface area contributed by atoms with Gasteiger partial charge in [-0.3, -0.25) is 19.2 Å². The molecule has 13 nitrogen and oxygen atoms in total. The second-order valence-electron chi connectivity index (χ2n) is 19.0. The Kier molecular flexibility index (Phi) is 12.0. The van der Waals surface area contributed by atoms with Crippen molar-refractivity contribution in [1.82, 2.24) is 0 Å². The van der Waals surface area contributed by atoms with Crippen LogP contribution in [0.2, 0.25) is 0 Å². The molecule has 4 aliphatic carbocycles. The molecule has 4 saturated carbocycles. The summed E-state index contributed by atoms with van der Waals surface area (Å²) in [7, 11) is 0. The molecule has 0 N–H and O–H groups in total. The maximum atomic E-state index is 12.3. The van der Waals surface area contributed by atoms with E-state index in [0.717, 1.165) is 38.7 Å². The maximum absolute atomic E-state index is 12.3. The molecular formula is C43H66O13. The molecule has 316 valence electrons. The molecule has 0 bridgehead atoms. The Bertz CT molecular complexity index is 1480. The van der Waals surface area contributed by atoms with Gasteiger partial charge in [0.15, 0.2) is 30.4 Å². The van der Waals surface area contributed by atoms with Gasteiger partial charge in [-0.15, -0.1) is 0 Å². The van der Waals surface area contributed by atoms with Crippen LogP contribution in [0.25, 0.3) is 0 Å². The fraction of sp³-hybridized carbons (Fsp3) is 0.907. The average molecular weight is 791 g/mol. The third-order valence-electron chi connectivity index (χ3n) is 15.5. The molecule has 0 radical (unpaired) electrons. The molecule has 1 unspecified atom stereocenters. The molecule has 0 aromatic heterocycles. The number of esters is 4. The van der Waals surface area contributed by atoms with Crippen molar-refractivity contribution in [2.24, 2.45) is 52.3 Å². The van der Waals surface area contributed by atoms with Gasteiger partial charge >= 0.3 is 23.9 Å². The van der Waals surface area contributed by atoms with E-state index in [0.29, 0.717) is 47.5 Å². The van der Waals surface area contributed by atoms with Crippen LogP contribution in [-0.2, 0) is 61.8 Å². The monoisotopic (exact) mass is 790 g/mol. The highest BCUT2D eigenvalue weighted by Crippen LogP contribution is 2.71. The third kappa shape index (κ3) is 7.77. The van der Waals surface area contributed by atoms with Crippen LogP contribution < -0.4 is 0 Å². The maximum Gasteiger partial charge on any atom is 0.303 e. The number of ether oxygens (including phenoxy) is 9. The van der Waals surface area contributed by atoms with E-state index in [9.17, 15) is 19.2 Å². The highest BCUT2D eigenvalue weighted by atomic mass is 16.8. The fourth-order valence-electron chi connectivity index (χ4n) is 13.1. The van der Waals surface area contributed by atoms with E-state index in [4.69, 9.17) is 42.6 Å². The Morgan fingerprint density at radius 1 is 0.732 bits per heavy atom. The molecule has 18 atom stereocenters. The van der Waals surface area contributed by atoms with Gasteiger partial charge in [-0.1, -0.05) is 27.7 Å². The van der Waals surface area contributed by atoms with Gasteiger partial charge in [0.1, 0.15) is 12.7 Å². The number of fused-ring (bicyclic) bond motifs is 7. The number of carbonyl (C=O) groups excluding carboxylic acids is 4. The molecule has 56 heavy (non-hydrogen) atoms. The zero-order chi connectivity index (χ0) is 40.3. The first-order valence-electron chi connectivity index (χ1n) is 21.4. The van der Waals surface area contributed by atoms with Crippen molar-refractivity contribution in [3.05, 3.63) is 0 Å². The van der Waals surface area contributed by atoms with Gasteiger partial charge in [0.2, 0.25) is 6.29 Å². The van der Waals surface area contributed by atoms with Crippen LogP contribution in [0.3, 0.4) is 0 Å². The van der Waals surface area contributed by atoms with Gasteiger partial charge in [0, 0.05) is 40.0 Å². The molecule has 3 heterocycles. The van der Waals surface area contributed by atoms with Crippen molar-refractivity contribution >= 4 is 23.9 Å². The summed E-state index contributed by atoms with van der Waals surface area (Å²) in [4.78, 5) is 48.4. The van der Waals surface area contributed by atoms with Gasteiger partial charge in [-0.05, 0) is 111 Å². The first-order valence-corrected chi connectivity index (χ1v) is 21.4. The van der Waals surface area contributed by atoms with Gasteiger partial charge in [-0.2, -0.15) is 0 Å². The molecule has 0 amide bonds. The Hall–Kier alpha value is -2.32. The van der Waals surface area contributed by atoms with Gasteiger partial charge < -0.3 is 42.6 Å². The molecule has 1 spiro atoms. The predicted octanol–water partition coefficient (Wildman–Crippen LogP) is 6.26. The van der Waals surface area contributed by atoms with Crippen molar-refractivity contribution in [2.45, 2.75) is 182 Å². The lowest BCUT2D eigenvalue weighted by Crippen LogP contribution is -2.63. The van der Waals surface area contributed by atoms with E-state index in [1.54, 1.807) is 6.92 Å². The molecule has 7 fully saturated rings. The first-order chi connectivity index (χ1) is 26.4. The lowest BCUT2D eigenvalue weighted by atomic mass is 9.44. The number of hydrogen-bond acceptors (Lipinski definition) is 13. The van der Waals surface area contributed by atoms with Crippen molar-refractivity contribution in [1.29, 1.82) is 0 Å². The van der Waals surface area contributed by atoms with Gasteiger partial charge in [-0.25, -0.2) is 0 Å². The summed E-state index contributed by atoms with van der Waals surface area (Å²) in [6.45, 7) is 16.9. The zero-order valence-electron chi connectivity index (χ0n) is 35.0. The van der Waals surface area contributed by atoms with Gasteiger partial charge in [0.05, 0.1) is 18.8 Å². The second kappa shape index (κ2) is 16.0. The highest BCUT2D eigenvalue weighted by Gasteiger charge is 2.69. The number of carbonyl (C=O) groups is 4. The molecule has 3 saturated heterocycles. The number of hydrogen-bond donors (Lipinski definition) is 0. The summed E-state index contributed by atoms with van der Waals surface area (Å²) in [6, 6.07) is 0. The van der Waals surface area contributed by atoms with Crippen LogP contribution in [0, 0.1) is 52.3 Å². The average Bonchev–Trinajstić information content (AvgIpc) is 3.56. The zero-order valence-corrected chi connectivity index (χ0v) is 35.0. The smallest absolute Gasteiger partial charge is 0.303 e. The largest absolute Gasteiger partial charge is 0.463 e. The Labute approximate surface area is 332 Å².